The third-order valence-corrected chi connectivity index (χ3v) is 5.17. The molecule has 1 N–H and O–H groups in total. The van der Waals surface area contributed by atoms with E-state index in [4.69, 9.17) is 16.3 Å². The number of halogens is 1. The van der Waals surface area contributed by atoms with Crippen LogP contribution in [0.3, 0.4) is 0 Å². The lowest BCUT2D eigenvalue weighted by atomic mass is 10.3. The highest BCUT2D eigenvalue weighted by molar-refractivity contribution is 7.92. The van der Waals surface area contributed by atoms with Crippen molar-refractivity contribution in [1.82, 2.24) is 0 Å². The van der Waals surface area contributed by atoms with Gasteiger partial charge >= 0.3 is 0 Å². The van der Waals surface area contributed by atoms with Gasteiger partial charge in [0.1, 0.15) is 5.75 Å². The van der Waals surface area contributed by atoms with Gasteiger partial charge in [-0.3, -0.25) is 4.72 Å². The van der Waals surface area contributed by atoms with Gasteiger partial charge in [-0.15, -0.1) is 11.6 Å². The average molecular weight is 332 g/mol. The van der Waals surface area contributed by atoms with Crippen molar-refractivity contribution in [2.24, 2.45) is 0 Å². The molecule has 0 bridgehead atoms. The monoisotopic (exact) mass is 331 g/mol. The summed E-state index contributed by atoms with van der Waals surface area (Å²) in [5.41, 5.74) is 0.569. The van der Waals surface area contributed by atoms with Gasteiger partial charge in [-0.25, -0.2) is 8.42 Å². The lowest BCUT2D eigenvalue weighted by molar-refractivity contribution is 0.210. The Hall–Kier alpha value is -0.940. The number of rotatable bonds is 8. The molecule has 0 radical (unpaired) electrons. The Labute approximate surface area is 131 Å². The summed E-state index contributed by atoms with van der Waals surface area (Å²) in [6.45, 7) is 0. The number of alkyl halides is 1. The predicted molar refractivity (Wildman–Crippen MR) is 86.7 cm³/mol. The fourth-order valence-electron chi connectivity index (χ4n) is 2.42. The van der Waals surface area contributed by atoms with E-state index in [1.165, 1.54) is 12.8 Å². The molecule has 1 saturated carbocycles. The van der Waals surface area contributed by atoms with Crippen LogP contribution >= 0.6 is 11.6 Å². The van der Waals surface area contributed by atoms with Crippen molar-refractivity contribution >= 4 is 27.3 Å². The summed E-state index contributed by atoms with van der Waals surface area (Å²) in [4.78, 5) is 0. The van der Waals surface area contributed by atoms with Gasteiger partial charge in [0, 0.05) is 11.6 Å². The van der Waals surface area contributed by atoms with Crippen LogP contribution in [-0.4, -0.2) is 26.2 Å². The molecule has 0 aliphatic heterocycles. The molecule has 0 spiro atoms. The van der Waals surface area contributed by atoms with Crippen molar-refractivity contribution in [1.29, 1.82) is 0 Å². The maximum atomic E-state index is 11.9. The van der Waals surface area contributed by atoms with Crippen molar-refractivity contribution in [3.63, 3.8) is 0 Å². The highest BCUT2D eigenvalue weighted by atomic mass is 35.5. The van der Waals surface area contributed by atoms with Crippen LogP contribution in [0.4, 0.5) is 5.69 Å². The minimum absolute atomic E-state index is 0.0973. The molecule has 21 heavy (non-hydrogen) atoms. The van der Waals surface area contributed by atoms with Crippen molar-refractivity contribution < 1.29 is 13.2 Å². The molecule has 2 rings (SSSR count). The van der Waals surface area contributed by atoms with E-state index >= 15 is 0 Å². The van der Waals surface area contributed by atoms with Crippen molar-refractivity contribution in [3.05, 3.63) is 24.3 Å². The number of anilines is 1. The van der Waals surface area contributed by atoms with Gasteiger partial charge in [0.15, 0.2) is 0 Å². The molecule has 0 amide bonds. The van der Waals surface area contributed by atoms with E-state index in [0.29, 0.717) is 30.5 Å². The van der Waals surface area contributed by atoms with Crippen LogP contribution in [0.2, 0.25) is 0 Å². The number of unbranched alkanes of at least 4 members (excludes halogenated alkanes) is 1. The maximum absolute atomic E-state index is 11.9. The molecule has 1 fully saturated rings. The van der Waals surface area contributed by atoms with E-state index in [1.54, 1.807) is 12.1 Å². The molecule has 1 aromatic carbocycles. The lowest BCUT2D eigenvalue weighted by Crippen LogP contribution is -2.16. The molecule has 0 atom stereocenters. The summed E-state index contributed by atoms with van der Waals surface area (Å²) in [7, 11) is -3.29. The molecule has 0 unspecified atom stereocenters. The zero-order valence-electron chi connectivity index (χ0n) is 12.1. The highest BCUT2D eigenvalue weighted by Gasteiger charge is 2.16. The average Bonchev–Trinajstić information content (AvgIpc) is 2.94. The van der Waals surface area contributed by atoms with Crippen molar-refractivity contribution in [2.75, 3.05) is 16.4 Å². The van der Waals surface area contributed by atoms with E-state index in [1.807, 2.05) is 12.1 Å². The Morgan fingerprint density at radius 2 is 1.81 bits per heavy atom. The summed E-state index contributed by atoms with van der Waals surface area (Å²) in [6, 6.07) is 7.11. The maximum Gasteiger partial charge on any atom is 0.232 e. The Balaban J connectivity index is 1.86. The molecular formula is C15H22ClNO3S. The Morgan fingerprint density at radius 1 is 1.14 bits per heavy atom. The molecule has 4 nitrogen and oxygen atoms in total. The van der Waals surface area contributed by atoms with E-state index in [2.05, 4.69) is 4.72 Å². The van der Waals surface area contributed by atoms with Crippen LogP contribution in [0.5, 0.6) is 5.75 Å². The molecular weight excluding hydrogens is 310 g/mol. The second-order valence-electron chi connectivity index (χ2n) is 5.37. The first kappa shape index (κ1) is 16.4. The van der Waals surface area contributed by atoms with E-state index < -0.39 is 10.0 Å². The molecule has 0 saturated heterocycles. The van der Waals surface area contributed by atoms with Crippen molar-refractivity contribution in [2.45, 2.75) is 44.6 Å². The highest BCUT2D eigenvalue weighted by Crippen LogP contribution is 2.25. The lowest BCUT2D eigenvalue weighted by Gasteiger charge is -2.13. The Kier molecular flexibility index (Phi) is 6.18. The second kappa shape index (κ2) is 7.90. The van der Waals surface area contributed by atoms with Crippen LogP contribution in [0.15, 0.2) is 24.3 Å². The first-order valence-corrected chi connectivity index (χ1v) is 9.61. The first-order valence-electron chi connectivity index (χ1n) is 7.42. The van der Waals surface area contributed by atoms with Gasteiger partial charge in [0.05, 0.1) is 11.9 Å². The summed E-state index contributed by atoms with van der Waals surface area (Å²) < 4.78 is 32.1. The first-order chi connectivity index (χ1) is 10.1. The molecule has 0 heterocycles. The molecule has 6 heteroatoms. The quantitative estimate of drug-likeness (QED) is 0.582. The fourth-order valence-corrected chi connectivity index (χ4v) is 3.79. The summed E-state index contributed by atoms with van der Waals surface area (Å²) in [6.07, 6.45) is 6.25. The number of benzene rings is 1. The molecule has 1 aromatic rings. The standard InChI is InChI=1S/C15H22ClNO3S/c16-11-3-4-12-21(18,19)17-13-7-9-15(10-8-13)20-14-5-1-2-6-14/h7-10,14,17H,1-6,11-12H2. The number of hydrogen-bond acceptors (Lipinski definition) is 3. The Morgan fingerprint density at radius 3 is 2.43 bits per heavy atom. The van der Waals surface area contributed by atoms with Gasteiger partial charge in [-0.05, 0) is 62.8 Å². The van der Waals surface area contributed by atoms with Crippen molar-refractivity contribution in [3.8, 4) is 5.75 Å². The number of hydrogen-bond donors (Lipinski definition) is 1. The third kappa shape index (κ3) is 5.75. The topological polar surface area (TPSA) is 55.4 Å². The van der Waals surface area contributed by atoms with E-state index in [-0.39, 0.29) is 5.75 Å². The smallest absolute Gasteiger partial charge is 0.232 e. The second-order valence-corrected chi connectivity index (χ2v) is 7.59. The molecule has 1 aliphatic rings. The largest absolute Gasteiger partial charge is 0.490 e. The minimum atomic E-state index is -3.29. The molecule has 0 aromatic heterocycles. The van der Waals surface area contributed by atoms with E-state index in [0.717, 1.165) is 18.6 Å². The van der Waals surface area contributed by atoms with Gasteiger partial charge in [-0.1, -0.05) is 0 Å². The summed E-state index contributed by atoms with van der Waals surface area (Å²) in [5, 5.41) is 0. The predicted octanol–water partition coefficient (Wildman–Crippen LogP) is 3.77. The fraction of sp³-hybridized carbons (Fsp3) is 0.600. The summed E-state index contributed by atoms with van der Waals surface area (Å²) >= 11 is 5.55. The normalized spacial score (nSPS) is 16.0. The van der Waals surface area contributed by atoms with Gasteiger partial charge < -0.3 is 4.74 Å². The van der Waals surface area contributed by atoms with Crippen LogP contribution in [-0.2, 0) is 10.0 Å². The number of nitrogens with one attached hydrogen (secondary N) is 1. The summed E-state index contributed by atoms with van der Waals surface area (Å²) in [5.74, 6) is 1.38. The molecule has 1 aliphatic carbocycles. The van der Waals surface area contributed by atoms with Crippen LogP contribution in [0, 0.1) is 0 Å². The third-order valence-electron chi connectivity index (χ3n) is 3.53. The van der Waals surface area contributed by atoms with Crippen LogP contribution < -0.4 is 9.46 Å². The Bertz CT molecular complexity index is 524. The van der Waals surface area contributed by atoms with Crippen LogP contribution in [0.25, 0.3) is 0 Å². The zero-order chi connectivity index (χ0) is 15.1. The van der Waals surface area contributed by atoms with Gasteiger partial charge in [0.2, 0.25) is 10.0 Å². The zero-order valence-corrected chi connectivity index (χ0v) is 13.6. The number of ether oxygens (including phenoxy) is 1. The van der Waals surface area contributed by atoms with Gasteiger partial charge in [-0.2, -0.15) is 0 Å². The number of sulfonamides is 1. The van der Waals surface area contributed by atoms with Crippen LogP contribution in [0.1, 0.15) is 38.5 Å². The SMILES string of the molecule is O=S(=O)(CCCCCl)Nc1ccc(OC2CCCC2)cc1. The minimum Gasteiger partial charge on any atom is -0.490 e. The van der Waals surface area contributed by atoms with E-state index in [9.17, 15) is 8.42 Å². The molecule has 118 valence electrons. The van der Waals surface area contributed by atoms with Gasteiger partial charge in [0.25, 0.3) is 0 Å².